The number of carbonyl (C=O) groups is 1. The maximum atomic E-state index is 11.5. The van der Waals surface area contributed by atoms with Gasteiger partial charge in [0.15, 0.2) is 5.78 Å². The van der Waals surface area contributed by atoms with E-state index in [1.54, 1.807) is 12.1 Å². The lowest BCUT2D eigenvalue weighted by atomic mass is 10.1. The molecule has 0 aliphatic heterocycles. The molecule has 3 nitrogen and oxygen atoms in total. The number of nitrogen functional groups attached to an aromatic ring is 1. The standard InChI is InChI=1S/C16H18N2O/c1-3-12-5-4-6-13(9-12)18-14-7-8-16(17)15(10-14)11(2)19/h4-10,18H,3,17H2,1-2H3. The molecule has 0 saturated heterocycles. The van der Waals surface area contributed by atoms with E-state index in [-0.39, 0.29) is 5.78 Å². The lowest BCUT2D eigenvalue weighted by molar-refractivity contribution is 0.101. The first-order valence-electron chi connectivity index (χ1n) is 6.36. The molecule has 0 bridgehead atoms. The summed E-state index contributed by atoms with van der Waals surface area (Å²) in [5.41, 5.74) is 10.00. The SMILES string of the molecule is CCc1cccc(Nc2ccc(N)c(C(C)=O)c2)c1. The monoisotopic (exact) mass is 254 g/mol. The molecule has 0 saturated carbocycles. The highest BCUT2D eigenvalue weighted by Crippen LogP contribution is 2.22. The molecule has 0 aliphatic rings. The van der Waals surface area contributed by atoms with Crippen molar-refractivity contribution < 1.29 is 4.79 Å². The highest BCUT2D eigenvalue weighted by molar-refractivity contribution is 6.00. The lowest BCUT2D eigenvalue weighted by Crippen LogP contribution is -2.01. The number of Topliss-reactive ketones (excluding diaryl/α,β-unsaturated/α-hetero) is 1. The predicted molar refractivity (Wildman–Crippen MR) is 80.0 cm³/mol. The van der Waals surface area contributed by atoms with Crippen molar-refractivity contribution in [3.05, 3.63) is 53.6 Å². The zero-order valence-electron chi connectivity index (χ0n) is 11.2. The van der Waals surface area contributed by atoms with Crippen LogP contribution in [0, 0.1) is 0 Å². The largest absolute Gasteiger partial charge is 0.398 e. The molecule has 0 amide bonds. The molecule has 0 atom stereocenters. The van der Waals surface area contributed by atoms with Gasteiger partial charge in [0, 0.05) is 22.6 Å². The summed E-state index contributed by atoms with van der Waals surface area (Å²) in [6, 6.07) is 13.6. The minimum Gasteiger partial charge on any atom is -0.398 e. The zero-order chi connectivity index (χ0) is 13.8. The Labute approximate surface area is 113 Å². The van der Waals surface area contributed by atoms with Gasteiger partial charge in [-0.1, -0.05) is 19.1 Å². The summed E-state index contributed by atoms with van der Waals surface area (Å²) in [6.45, 7) is 3.64. The normalized spacial score (nSPS) is 10.2. The van der Waals surface area contributed by atoms with Crippen LogP contribution >= 0.6 is 0 Å². The summed E-state index contributed by atoms with van der Waals surface area (Å²) in [5, 5.41) is 3.29. The summed E-state index contributed by atoms with van der Waals surface area (Å²) >= 11 is 0. The van der Waals surface area contributed by atoms with Crippen molar-refractivity contribution in [2.75, 3.05) is 11.1 Å². The average molecular weight is 254 g/mol. The Kier molecular flexibility index (Phi) is 3.85. The minimum absolute atomic E-state index is 0.0246. The van der Waals surface area contributed by atoms with E-state index in [2.05, 4.69) is 24.4 Å². The lowest BCUT2D eigenvalue weighted by Gasteiger charge is -2.10. The van der Waals surface area contributed by atoms with E-state index in [0.29, 0.717) is 11.3 Å². The Hall–Kier alpha value is -2.29. The fourth-order valence-electron chi connectivity index (χ4n) is 1.97. The van der Waals surface area contributed by atoms with Crippen molar-refractivity contribution >= 4 is 22.8 Å². The number of anilines is 3. The van der Waals surface area contributed by atoms with Gasteiger partial charge < -0.3 is 11.1 Å². The first-order valence-corrected chi connectivity index (χ1v) is 6.36. The van der Waals surface area contributed by atoms with Crippen LogP contribution in [0.5, 0.6) is 0 Å². The zero-order valence-corrected chi connectivity index (χ0v) is 11.2. The van der Waals surface area contributed by atoms with Crippen LogP contribution in [0.2, 0.25) is 0 Å². The van der Waals surface area contributed by atoms with Crippen molar-refractivity contribution in [1.29, 1.82) is 0 Å². The maximum Gasteiger partial charge on any atom is 0.161 e. The quantitative estimate of drug-likeness (QED) is 0.645. The van der Waals surface area contributed by atoms with Crippen molar-refractivity contribution in [3.63, 3.8) is 0 Å². The number of hydrogen-bond donors (Lipinski definition) is 2. The predicted octanol–water partition coefficient (Wildman–Crippen LogP) is 3.78. The number of rotatable bonds is 4. The molecule has 0 fully saturated rings. The fourth-order valence-corrected chi connectivity index (χ4v) is 1.97. The third-order valence-corrected chi connectivity index (χ3v) is 3.06. The smallest absolute Gasteiger partial charge is 0.161 e. The van der Waals surface area contributed by atoms with Crippen molar-refractivity contribution in [1.82, 2.24) is 0 Å². The third kappa shape index (κ3) is 3.13. The molecule has 2 aromatic rings. The second-order valence-electron chi connectivity index (χ2n) is 4.54. The van der Waals surface area contributed by atoms with Gasteiger partial charge in [0.1, 0.15) is 0 Å². The number of nitrogens with one attached hydrogen (secondary N) is 1. The highest BCUT2D eigenvalue weighted by atomic mass is 16.1. The Morgan fingerprint density at radius 1 is 1.16 bits per heavy atom. The van der Waals surface area contributed by atoms with E-state index in [1.165, 1.54) is 12.5 Å². The molecular weight excluding hydrogens is 236 g/mol. The number of aryl methyl sites for hydroxylation is 1. The summed E-state index contributed by atoms with van der Waals surface area (Å²) in [7, 11) is 0. The Bertz CT molecular complexity index is 605. The van der Waals surface area contributed by atoms with E-state index >= 15 is 0 Å². The van der Waals surface area contributed by atoms with Crippen LogP contribution in [-0.2, 0) is 6.42 Å². The Morgan fingerprint density at radius 2 is 1.89 bits per heavy atom. The number of carbonyl (C=O) groups excluding carboxylic acids is 1. The topological polar surface area (TPSA) is 55.1 Å². The van der Waals surface area contributed by atoms with Crippen LogP contribution in [-0.4, -0.2) is 5.78 Å². The minimum atomic E-state index is -0.0246. The van der Waals surface area contributed by atoms with Crippen LogP contribution in [0.3, 0.4) is 0 Å². The van der Waals surface area contributed by atoms with Crippen LogP contribution in [0.25, 0.3) is 0 Å². The van der Waals surface area contributed by atoms with E-state index in [1.807, 2.05) is 18.2 Å². The molecule has 3 N–H and O–H groups in total. The average Bonchev–Trinajstić information content (AvgIpc) is 2.41. The van der Waals surface area contributed by atoms with Crippen molar-refractivity contribution in [2.45, 2.75) is 20.3 Å². The third-order valence-electron chi connectivity index (χ3n) is 3.06. The van der Waals surface area contributed by atoms with Crippen LogP contribution < -0.4 is 11.1 Å². The van der Waals surface area contributed by atoms with Crippen LogP contribution in [0.15, 0.2) is 42.5 Å². The molecule has 3 heteroatoms. The second-order valence-corrected chi connectivity index (χ2v) is 4.54. The van der Waals surface area contributed by atoms with Gasteiger partial charge in [-0.3, -0.25) is 4.79 Å². The van der Waals surface area contributed by atoms with Crippen LogP contribution in [0.1, 0.15) is 29.8 Å². The molecule has 0 heterocycles. The van der Waals surface area contributed by atoms with Crippen molar-refractivity contribution in [2.24, 2.45) is 0 Å². The Morgan fingerprint density at radius 3 is 2.58 bits per heavy atom. The number of hydrogen-bond acceptors (Lipinski definition) is 3. The fraction of sp³-hybridized carbons (Fsp3) is 0.188. The molecule has 98 valence electrons. The summed E-state index contributed by atoms with van der Waals surface area (Å²) in [6.07, 6.45) is 0.996. The number of benzene rings is 2. The second kappa shape index (κ2) is 5.57. The van der Waals surface area contributed by atoms with Gasteiger partial charge in [-0.15, -0.1) is 0 Å². The Balaban J connectivity index is 2.28. The summed E-state index contributed by atoms with van der Waals surface area (Å²) < 4.78 is 0. The van der Waals surface area contributed by atoms with E-state index < -0.39 is 0 Å². The van der Waals surface area contributed by atoms with E-state index in [4.69, 9.17) is 5.73 Å². The van der Waals surface area contributed by atoms with Gasteiger partial charge in [0.2, 0.25) is 0 Å². The van der Waals surface area contributed by atoms with E-state index in [0.717, 1.165) is 17.8 Å². The van der Waals surface area contributed by atoms with Crippen molar-refractivity contribution in [3.8, 4) is 0 Å². The molecular formula is C16H18N2O. The van der Waals surface area contributed by atoms with Gasteiger partial charge >= 0.3 is 0 Å². The molecule has 0 spiro atoms. The number of ketones is 1. The van der Waals surface area contributed by atoms with Gasteiger partial charge in [-0.25, -0.2) is 0 Å². The first kappa shape index (κ1) is 13.1. The molecule has 0 aromatic heterocycles. The summed E-state index contributed by atoms with van der Waals surface area (Å²) in [5.74, 6) is -0.0246. The van der Waals surface area contributed by atoms with Gasteiger partial charge in [0.25, 0.3) is 0 Å². The highest BCUT2D eigenvalue weighted by Gasteiger charge is 2.06. The number of nitrogens with two attached hydrogens (primary N) is 1. The molecule has 0 radical (unpaired) electrons. The molecule has 19 heavy (non-hydrogen) atoms. The summed E-state index contributed by atoms with van der Waals surface area (Å²) in [4.78, 5) is 11.5. The molecule has 2 rings (SSSR count). The van der Waals surface area contributed by atoms with Gasteiger partial charge in [-0.05, 0) is 49.2 Å². The molecule has 0 aliphatic carbocycles. The first-order chi connectivity index (χ1) is 9.10. The van der Waals surface area contributed by atoms with Gasteiger partial charge in [-0.2, -0.15) is 0 Å². The van der Waals surface area contributed by atoms with E-state index in [9.17, 15) is 4.79 Å². The molecule has 2 aromatic carbocycles. The molecule has 0 unspecified atom stereocenters. The van der Waals surface area contributed by atoms with Crippen LogP contribution in [0.4, 0.5) is 17.1 Å². The van der Waals surface area contributed by atoms with Gasteiger partial charge in [0.05, 0.1) is 0 Å². The maximum absolute atomic E-state index is 11.5.